The number of benzene rings is 2. The summed E-state index contributed by atoms with van der Waals surface area (Å²) in [7, 11) is 0. The fourth-order valence-corrected chi connectivity index (χ4v) is 4.97. The third-order valence-corrected chi connectivity index (χ3v) is 6.58. The van der Waals surface area contributed by atoms with Crippen LogP contribution in [0.5, 0.6) is 11.5 Å². The van der Waals surface area contributed by atoms with E-state index in [1.807, 2.05) is 5.38 Å². The van der Waals surface area contributed by atoms with Crippen molar-refractivity contribution in [3.8, 4) is 11.5 Å². The molecule has 1 fully saturated rings. The van der Waals surface area contributed by atoms with Crippen LogP contribution in [0.4, 0.5) is 5.69 Å². The lowest BCUT2D eigenvalue weighted by Crippen LogP contribution is -2.29. The maximum Gasteiger partial charge on any atom is 0.300 e. The summed E-state index contributed by atoms with van der Waals surface area (Å²) in [5, 5.41) is 23.7. The molecule has 6 nitrogen and oxygen atoms in total. The molecular weight excluding hydrogens is 438 g/mol. The second-order valence-corrected chi connectivity index (χ2v) is 8.65. The van der Waals surface area contributed by atoms with Crippen LogP contribution in [0.15, 0.2) is 59.5 Å². The molecule has 2 aliphatic heterocycles. The fraction of sp³-hybridized carbons (Fsp3) is 0.130. The van der Waals surface area contributed by atoms with Crippen molar-refractivity contribution in [3.05, 3.63) is 80.5 Å². The number of carbonyl (C=O) groups is 2. The average molecular weight is 454 g/mol. The van der Waals surface area contributed by atoms with Crippen LogP contribution in [0, 0.1) is 0 Å². The van der Waals surface area contributed by atoms with Crippen molar-refractivity contribution in [2.24, 2.45) is 0 Å². The Morgan fingerprint density at radius 2 is 2.00 bits per heavy atom. The highest BCUT2D eigenvalue weighted by molar-refractivity contribution is 7.10. The number of rotatable bonds is 3. The monoisotopic (exact) mass is 453 g/mol. The molecule has 156 valence electrons. The van der Waals surface area contributed by atoms with E-state index in [2.05, 4.69) is 0 Å². The Labute approximate surface area is 186 Å². The van der Waals surface area contributed by atoms with Gasteiger partial charge in [-0.25, -0.2) is 0 Å². The van der Waals surface area contributed by atoms with Crippen molar-refractivity contribution in [2.75, 3.05) is 11.5 Å². The zero-order valence-electron chi connectivity index (χ0n) is 16.0. The molecule has 2 aliphatic rings. The number of Topliss-reactive ketones (excluding diaryl/α,β-unsaturated/α-hetero) is 1. The molecule has 8 heteroatoms. The van der Waals surface area contributed by atoms with Crippen LogP contribution in [-0.4, -0.2) is 28.5 Å². The maximum atomic E-state index is 13.1. The van der Waals surface area contributed by atoms with Gasteiger partial charge in [0.25, 0.3) is 11.7 Å². The zero-order chi connectivity index (χ0) is 21.7. The van der Waals surface area contributed by atoms with Gasteiger partial charge in [0.05, 0.1) is 17.9 Å². The van der Waals surface area contributed by atoms with E-state index in [4.69, 9.17) is 16.3 Å². The normalized spacial score (nSPS) is 19.5. The molecule has 1 unspecified atom stereocenters. The van der Waals surface area contributed by atoms with Gasteiger partial charge >= 0.3 is 0 Å². The Morgan fingerprint density at radius 1 is 1.16 bits per heavy atom. The van der Waals surface area contributed by atoms with E-state index in [0.717, 1.165) is 11.3 Å². The zero-order valence-corrected chi connectivity index (χ0v) is 17.6. The molecular formula is C23H16ClNO5S. The van der Waals surface area contributed by atoms with Crippen molar-refractivity contribution < 1.29 is 24.5 Å². The molecule has 1 saturated heterocycles. The van der Waals surface area contributed by atoms with Gasteiger partial charge in [-0.15, -0.1) is 11.3 Å². The minimum Gasteiger partial charge on any atom is -0.507 e. The Bertz CT molecular complexity index is 1250. The van der Waals surface area contributed by atoms with Gasteiger partial charge in [0.2, 0.25) is 0 Å². The van der Waals surface area contributed by atoms with Gasteiger partial charge in [-0.1, -0.05) is 17.7 Å². The van der Waals surface area contributed by atoms with Crippen molar-refractivity contribution >= 4 is 46.1 Å². The number of phenolic OH excluding ortho intramolecular Hbond substituents is 1. The molecule has 0 saturated carbocycles. The lowest BCUT2D eigenvalue weighted by Gasteiger charge is -2.25. The van der Waals surface area contributed by atoms with Crippen molar-refractivity contribution in [2.45, 2.75) is 12.5 Å². The topological polar surface area (TPSA) is 87.1 Å². The van der Waals surface area contributed by atoms with Crippen LogP contribution in [0.25, 0.3) is 5.76 Å². The van der Waals surface area contributed by atoms with E-state index < -0.39 is 17.7 Å². The van der Waals surface area contributed by atoms with Crippen LogP contribution in [-0.2, 0) is 16.0 Å². The highest BCUT2D eigenvalue weighted by Gasteiger charge is 2.48. The van der Waals surface area contributed by atoms with Crippen LogP contribution in [0.1, 0.15) is 22.0 Å². The number of carbonyl (C=O) groups excluding carboxylic acids is 2. The number of ether oxygens (including phenoxy) is 1. The number of aliphatic hydroxyl groups excluding tert-OH is 1. The standard InChI is InChI=1S/C23H16ClNO5S/c24-14-4-5-16(26)15(11-14)25-20(18-2-1-9-31-18)19(22(28)23(25)29)21(27)13-3-6-17-12(10-13)7-8-30-17/h1-6,9-11,20,26-27H,7-8H2/b21-19-. The lowest BCUT2D eigenvalue weighted by atomic mass is 9.98. The molecule has 31 heavy (non-hydrogen) atoms. The molecule has 1 aromatic heterocycles. The van der Waals surface area contributed by atoms with Gasteiger partial charge in [0, 0.05) is 21.9 Å². The molecule has 3 aromatic rings. The number of aliphatic hydroxyl groups is 1. The van der Waals surface area contributed by atoms with E-state index in [1.165, 1.54) is 34.4 Å². The Kier molecular flexibility index (Phi) is 4.72. The molecule has 0 radical (unpaired) electrons. The van der Waals surface area contributed by atoms with Gasteiger partial charge in [0.15, 0.2) is 0 Å². The highest BCUT2D eigenvalue weighted by atomic mass is 35.5. The first kappa shape index (κ1) is 19.7. The van der Waals surface area contributed by atoms with E-state index in [1.54, 1.807) is 30.3 Å². The number of phenols is 1. The molecule has 2 aromatic carbocycles. The summed E-state index contributed by atoms with van der Waals surface area (Å²) < 4.78 is 5.51. The molecule has 2 N–H and O–H groups in total. The van der Waals surface area contributed by atoms with Crippen molar-refractivity contribution in [1.29, 1.82) is 0 Å². The first-order chi connectivity index (χ1) is 15.0. The van der Waals surface area contributed by atoms with E-state index in [-0.39, 0.29) is 22.8 Å². The van der Waals surface area contributed by atoms with Crippen LogP contribution < -0.4 is 9.64 Å². The fourth-order valence-electron chi connectivity index (χ4n) is 3.98. The number of amides is 1. The quantitative estimate of drug-likeness (QED) is 0.342. The third-order valence-electron chi connectivity index (χ3n) is 5.42. The molecule has 0 bridgehead atoms. The molecule has 0 aliphatic carbocycles. The summed E-state index contributed by atoms with van der Waals surface area (Å²) >= 11 is 7.44. The molecule has 1 amide bonds. The number of nitrogens with zero attached hydrogens (tertiary/aromatic N) is 1. The molecule has 5 rings (SSSR count). The SMILES string of the molecule is O=C1C(=O)N(c2cc(Cl)ccc2O)C(c2cccs2)/C1=C(/O)c1ccc2c(c1)CCO2. The van der Waals surface area contributed by atoms with Crippen LogP contribution in [0.2, 0.25) is 5.02 Å². The molecule has 1 atom stereocenters. The average Bonchev–Trinajstić information content (AvgIpc) is 3.50. The summed E-state index contributed by atoms with van der Waals surface area (Å²) in [6.45, 7) is 0.563. The second-order valence-electron chi connectivity index (χ2n) is 7.24. The van der Waals surface area contributed by atoms with Crippen molar-refractivity contribution in [3.63, 3.8) is 0 Å². The number of halogens is 1. The minimum absolute atomic E-state index is 0.0364. The van der Waals surface area contributed by atoms with Crippen molar-refractivity contribution in [1.82, 2.24) is 0 Å². The highest BCUT2D eigenvalue weighted by Crippen LogP contribution is 2.46. The Hall–Kier alpha value is -3.29. The van der Waals surface area contributed by atoms with Gasteiger partial charge < -0.3 is 14.9 Å². The first-order valence-electron chi connectivity index (χ1n) is 9.54. The number of hydrogen-bond acceptors (Lipinski definition) is 6. The minimum atomic E-state index is -0.895. The summed E-state index contributed by atoms with van der Waals surface area (Å²) in [4.78, 5) is 28.0. The largest absolute Gasteiger partial charge is 0.507 e. The summed E-state index contributed by atoms with van der Waals surface area (Å²) in [5.74, 6) is -1.39. The van der Waals surface area contributed by atoms with Crippen LogP contribution >= 0.6 is 22.9 Å². The summed E-state index contributed by atoms with van der Waals surface area (Å²) in [6.07, 6.45) is 0.704. The first-order valence-corrected chi connectivity index (χ1v) is 10.8. The lowest BCUT2D eigenvalue weighted by molar-refractivity contribution is -0.132. The number of anilines is 1. The smallest absolute Gasteiger partial charge is 0.300 e. The second kappa shape index (κ2) is 7.44. The Balaban J connectivity index is 1.71. The third kappa shape index (κ3) is 3.17. The Morgan fingerprint density at radius 3 is 2.77 bits per heavy atom. The summed E-state index contributed by atoms with van der Waals surface area (Å²) in [6, 6.07) is 12.1. The maximum absolute atomic E-state index is 13.1. The summed E-state index contributed by atoms with van der Waals surface area (Å²) in [5.41, 5.74) is 1.43. The van der Waals surface area contributed by atoms with E-state index >= 15 is 0 Å². The van der Waals surface area contributed by atoms with Gasteiger partial charge in [-0.05, 0) is 53.4 Å². The number of aromatic hydroxyl groups is 1. The number of thiophene rings is 1. The van der Waals surface area contributed by atoms with E-state index in [9.17, 15) is 19.8 Å². The van der Waals surface area contributed by atoms with Gasteiger partial charge in [-0.3, -0.25) is 14.5 Å². The van der Waals surface area contributed by atoms with E-state index in [0.29, 0.717) is 28.5 Å². The predicted octanol–water partition coefficient (Wildman–Crippen LogP) is 4.67. The number of ketones is 1. The van der Waals surface area contributed by atoms with Gasteiger partial charge in [0.1, 0.15) is 23.3 Å². The predicted molar refractivity (Wildman–Crippen MR) is 118 cm³/mol. The van der Waals surface area contributed by atoms with Gasteiger partial charge in [-0.2, -0.15) is 0 Å². The van der Waals surface area contributed by atoms with Crippen LogP contribution in [0.3, 0.4) is 0 Å². The molecule has 3 heterocycles. The number of hydrogen-bond donors (Lipinski definition) is 2. The number of fused-ring (bicyclic) bond motifs is 1. The molecule has 0 spiro atoms.